The Balaban J connectivity index is 1.74. The molecule has 1 saturated carbocycles. The molecular weight excluding hydrogens is 206 g/mol. The molecule has 2 aliphatic rings. The molecule has 1 aliphatic heterocycles. The highest BCUT2D eigenvalue weighted by Gasteiger charge is 2.32. The van der Waals surface area contributed by atoms with Gasteiger partial charge < -0.3 is 4.90 Å². The van der Waals surface area contributed by atoms with Gasteiger partial charge in [0, 0.05) is 6.54 Å². The zero-order valence-electron chi connectivity index (χ0n) is 12.0. The van der Waals surface area contributed by atoms with Gasteiger partial charge >= 0.3 is 0 Å². The molecule has 0 atom stereocenters. The molecule has 0 aromatic heterocycles. The van der Waals surface area contributed by atoms with Crippen LogP contribution in [0.2, 0.25) is 0 Å². The number of hydrogen-bond donors (Lipinski definition) is 0. The first-order valence-electron chi connectivity index (χ1n) is 8.00. The van der Waals surface area contributed by atoms with Crippen molar-refractivity contribution in [3.8, 4) is 0 Å². The monoisotopic (exact) mass is 237 g/mol. The molecule has 0 N–H and O–H groups in total. The second kappa shape index (κ2) is 6.22. The third-order valence-corrected chi connectivity index (χ3v) is 5.63. The first-order chi connectivity index (χ1) is 8.28. The lowest BCUT2D eigenvalue weighted by molar-refractivity contribution is 0.103. The minimum absolute atomic E-state index is 0.721. The standard InChI is InChI=1S/C16H31N/c1-3-16(4-2)10-8-15(9-11-16)14-17-12-6-5-7-13-17/h15H,3-14H2,1-2H3. The summed E-state index contributed by atoms with van der Waals surface area (Å²) >= 11 is 0. The molecule has 100 valence electrons. The predicted octanol–water partition coefficient (Wildman–Crippen LogP) is 4.47. The largest absolute Gasteiger partial charge is 0.303 e. The van der Waals surface area contributed by atoms with E-state index in [-0.39, 0.29) is 0 Å². The Labute approximate surface area is 108 Å². The van der Waals surface area contributed by atoms with E-state index in [1.54, 1.807) is 0 Å². The van der Waals surface area contributed by atoms with E-state index in [0.717, 1.165) is 11.3 Å². The molecule has 1 heteroatoms. The molecule has 0 spiro atoms. The van der Waals surface area contributed by atoms with Crippen molar-refractivity contribution in [2.24, 2.45) is 11.3 Å². The molecule has 1 saturated heterocycles. The number of hydrogen-bond acceptors (Lipinski definition) is 1. The van der Waals surface area contributed by atoms with Gasteiger partial charge in [-0.15, -0.1) is 0 Å². The molecule has 2 rings (SSSR count). The van der Waals surface area contributed by atoms with Gasteiger partial charge in [0.05, 0.1) is 0 Å². The molecule has 2 fully saturated rings. The molecule has 0 amide bonds. The summed E-state index contributed by atoms with van der Waals surface area (Å²) in [6, 6.07) is 0. The zero-order valence-corrected chi connectivity index (χ0v) is 12.0. The van der Waals surface area contributed by atoms with Crippen LogP contribution in [0.4, 0.5) is 0 Å². The minimum atomic E-state index is 0.721. The Kier molecular flexibility index (Phi) is 4.90. The summed E-state index contributed by atoms with van der Waals surface area (Å²) in [5.41, 5.74) is 0.721. The average molecular weight is 237 g/mol. The van der Waals surface area contributed by atoms with Gasteiger partial charge in [0.25, 0.3) is 0 Å². The highest BCUT2D eigenvalue weighted by molar-refractivity contribution is 4.85. The van der Waals surface area contributed by atoms with E-state index < -0.39 is 0 Å². The SMILES string of the molecule is CCC1(CC)CCC(CN2CCCCC2)CC1. The molecule has 1 aliphatic carbocycles. The summed E-state index contributed by atoms with van der Waals surface area (Å²) < 4.78 is 0. The van der Waals surface area contributed by atoms with Crippen molar-refractivity contribution in [3.63, 3.8) is 0 Å². The highest BCUT2D eigenvalue weighted by Crippen LogP contribution is 2.44. The Morgan fingerprint density at radius 3 is 2.06 bits per heavy atom. The van der Waals surface area contributed by atoms with Gasteiger partial charge in [0.1, 0.15) is 0 Å². The van der Waals surface area contributed by atoms with Crippen molar-refractivity contribution in [2.75, 3.05) is 19.6 Å². The van der Waals surface area contributed by atoms with Crippen LogP contribution in [0.15, 0.2) is 0 Å². The van der Waals surface area contributed by atoms with Crippen LogP contribution < -0.4 is 0 Å². The number of rotatable bonds is 4. The van der Waals surface area contributed by atoms with E-state index in [4.69, 9.17) is 0 Å². The first-order valence-corrected chi connectivity index (χ1v) is 8.00. The summed E-state index contributed by atoms with van der Waals surface area (Å²) in [5, 5.41) is 0. The average Bonchev–Trinajstić information content (AvgIpc) is 2.41. The number of piperidine rings is 1. The van der Waals surface area contributed by atoms with Crippen molar-refractivity contribution in [3.05, 3.63) is 0 Å². The normalized spacial score (nSPS) is 27.2. The molecule has 0 aromatic carbocycles. The molecule has 0 unspecified atom stereocenters. The Morgan fingerprint density at radius 1 is 0.941 bits per heavy atom. The van der Waals surface area contributed by atoms with Crippen molar-refractivity contribution in [1.82, 2.24) is 4.90 Å². The molecular formula is C16H31N. The summed E-state index contributed by atoms with van der Waals surface area (Å²) in [6.07, 6.45) is 13.2. The van der Waals surface area contributed by atoms with E-state index in [0.29, 0.717) is 0 Å². The van der Waals surface area contributed by atoms with Crippen LogP contribution in [0, 0.1) is 11.3 Å². The van der Waals surface area contributed by atoms with Gasteiger partial charge in [-0.1, -0.05) is 33.1 Å². The maximum absolute atomic E-state index is 2.74. The predicted molar refractivity (Wildman–Crippen MR) is 75.3 cm³/mol. The van der Waals surface area contributed by atoms with Gasteiger partial charge in [-0.25, -0.2) is 0 Å². The summed E-state index contributed by atoms with van der Waals surface area (Å²) in [7, 11) is 0. The van der Waals surface area contributed by atoms with Crippen molar-refractivity contribution in [1.29, 1.82) is 0 Å². The minimum Gasteiger partial charge on any atom is -0.303 e. The zero-order chi connectivity index (χ0) is 12.1. The molecule has 17 heavy (non-hydrogen) atoms. The summed E-state index contributed by atoms with van der Waals surface area (Å²) in [5.74, 6) is 1.01. The fourth-order valence-corrected chi connectivity index (χ4v) is 3.94. The maximum atomic E-state index is 2.74. The van der Waals surface area contributed by atoms with E-state index >= 15 is 0 Å². The maximum Gasteiger partial charge on any atom is 0.000966 e. The van der Waals surface area contributed by atoms with Crippen molar-refractivity contribution in [2.45, 2.75) is 71.6 Å². The first kappa shape index (κ1) is 13.4. The number of nitrogens with zero attached hydrogens (tertiary/aromatic N) is 1. The van der Waals surface area contributed by atoms with Crippen LogP contribution in [-0.4, -0.2) is 24.5 Å². The molecule has 0 bridgehead atoms. The lowest BCUT2D eigenvalue weighted by atomic mass is 9.67. The third kappa shape index (κ3) is 3.47. The molecule has 0 radical (unpaired) electrons. The fourth-order valence-electron chi connectivity index (χ4n) is 3.94. The van der Waals surface area contributed by atoms with Crippen LogP contribution >= 0.6 is 0 Å². The topological polar surface area (TPSA) is 3.24 Å². The van der Waals surface area contributed by atoms with Gasteiger partial charge in [-0.2, -0.15) is 0 Å². The molecule has 1 nitrogen and oxygen atoms in total. The van der Waals surface area contributed by atoms with E-state index in [9.17, 15) is 0 Å². The van der Waals surface area contributed by atoms with Gasteiger partial charge in [-0.05, 0) is 62.9 Å². The Hall–Kier alpha value is -0.0400. The molecule has 0 aromatic rings. The van der Waals surface area contributed by atoms with E-state index in [1.807, 2.05) is 0 Å². The van der Waals surface area contributed by atoms with Gasteiger partial charge in [-0.3, -0.25) is 0 Å². The van der Waals surface area contributed by atoms with Crippen LogP contribution in [0.25, 0.3) is 0 Å². The van der Waals surface area contributed by atoms with Crippen LogP contribution in [-0.2, 0) is 0 Å². The van der Waals surface area contributed by atoms with Crippen molar-refractivity contribution >= 4 is 0 Å². The van der Waals surface area contributed by atoms with Crippen LogP contribution in [0.1, 0.15) is 71.6 Å². The van der Waals surface area contributed by atoms with Gasteiger partial charge in [0.2, 0.25) is 0 Å². The third-order valence-electron chi connectivity index (χ3n) is 5.63. The summed E-state index contributed by atoms with van der Waals surface area (Å²) in [4.78, 5) is 2.74. The lowest BCUT2D eigenvalue weighted by Gasteiger charge is -2.41. The second-order valence-electron chi connectivity index (χ2n) is 6.51. The van der Waals surface area contributed by atoms with E-state index in [1.165, 1.54) is 77.4 Å². The smallest absolute Gasteiger partial charge is 0.000966 e. The lowest BCUT2D eigenvalue weighted by Crippen LogP contribution is -2.37. The Bertz CT molecular complexity index is 204. The fraction of sp³-hybridized carbons (Fsp3) is 1.00. The van der Waals surface area contributed by atoms with Crippen LogP contribution in [0.5, 0.6) is 0 Å². The summed E-state index contributed by atoms with van der Waals surface area (Å²) in [6.45, 7) is 8.96. The van der Waals surface area contributed by atoms with E-state index in [2.05, 4.69) is 18.7 Å². The second-order valence-corrected chi connectivity index (χ2v) is 6.51. The van der Waals surface area contributed by atoms with Crippen LogP contribution in [0.3, 0.4) is 0 Å². The number of likely N-dealkylation sites (tertiary alicyclic amines) is 1. The Morgan fingerprint density at radius 2 is 1.53 bits per heavy atom. The molecule has 1 heterocycles. The quantitative estimate of drug-likeness (QED) is 0.697. The highest BCUT2D eigenvalue weighted by atomic mass is 15.1. The van der Waals surface area contributed by atoms with Crippen molar-refractivity contribution < 1.29 is 0 Å². The van der Waals surface area contributed by atoms with Gasteiger partial charge in [0.15, 0.2) is 0 Å².